The minimum absolute atomic E-state index is 0.0458. The highest BCUT2D eigenvalue weighted by atomic mass is 32.1. The van der Waals surface area contributed by atoms with Gasteiger partial charge < -0.3 is 34.6 Å². The van der Waals surface area contributed by atoms with Gasteiger partial charge in [0.25, 0.3) is 0 Å². The van der Waals surface area contributed by atoms with E-state index in [1.807, 2.05) is 0 Å². The SMILES string of the molecule is CC(=O)COc1cccc2c1C(=O)c1c(O)c3c(c(O)c1C2=O)C[C@@](O)(C(C)=O)C[C@@H]3OC1CC(NS)C(O)C(C)O1. The summed E-state index contributed by atoms with van der Waals surface area (Å²) in [6.07, 6.45) is -4.62. The molecule has 224 valence electrons. The number of thiol groups is 1. The third-order valence-electron chi connectivity index (χ3n) is 8.13. The molecule has 1 heterocycles. The smallest absolute Gasteiger partial charge is 0.202 e. The minimum atomic E-state index is -2.04. The van der Waals surface area contributed by atoms with Gasteiger partial charge in [-0.3, -0.25) is 23.9 Å². The molecule has 2 aliphatic carbocycles. The first kappa shape index (κ1) is 30.1. The van der Waals surface area contributed by atoms with Crippen molar-refractivity contribution in [2.75, 3.05) is 6.61 Å². The van der Waals surface area contributed by atoms with Gasteiger partial charge in [-0.1, -0.05) is 24.9 Å². The molecule has 4 unspecified atom stereocenters. The molecule has 0 saturated carbocycles. The van der Waals surface area contributed by atoms with Gasteiger partial charge in [0.2, 0.25) is 5.78 Å². The van der Waals surface area contributed by atoms with Gasteiger partial charge in [-0.2, -0.15) is 0 Å². The van der Waals surface area contributed by atoms with Crippen LogP contribution in [0.2, 0.25) is 0 Å². The minimum Gasteiger partial charge on any atom is -0.507 e. The lowest BCUT2D eigenvalue weighted by Crippen LogP contribution is -2.52. The number of aliphatic hydroxyl groups excluding tert-OH is 1. The molecule has 12 nitrogen and oxygen atoms in total. The van der Waals surface area contributed by atoms with E-state index in [4.69, 9.17) is 14.2 Å². The Hall–Kier alpha value is -3.33. The maximum atomic E-state index is 13.9. The number of hydrogen-bond donors (Lipinski definition) is 6. The average molecular weight is 602 g/mol. The Morgan fingerprint density at radius 2 is 1.81 bits per heavy atom. The summed E-state index contributed by atoms with van der Waals surface area (Å²) in [5, 5.41) is 44.7. The Morgan fingerprint density at radius 1 is 1.12 bits per heavy atom. The van der Waals surface area contributed by atoms with Crippen LogP contribution in [-0.4, -0.2) is 80.3 Å². The molecule has 42 heavy (non-hydrogen) atoms. The van der Waals surface area contributed by atoms with E-state index >= 15 is 0 Å². The lowest BCUT2D eigenvalue weighted by molar-refractivity contribution is -0.248. The van der Waals surface area contributed by atoms with Crippen molar-refractivity contribution in [1.82, 2.24) is 4.72 Å². The lowest BCUT2D eigenvalue weighted by atomic mass is 9.72. The number of aromatic hydroxyl groups is 2. The van der Waals surface area contributed by atoms with Crippen molar-refractivity contribution >= 4 is 35.9 Å². The van der Waals surface area contributed by atoms with Crippen LogP contribution >= 0.6 is 12.8 Å². The number of rotatable bonds is 7. The summed E-state index contributed by atoms with van der Waals surface area (Å²) in [6.45, 7) is 3.72. The highest BCUT2D eigenvalue weighted by Crippen LogP contribution is 2.52. The van der Waals surface area contributed by atoms with Crippen molar-refractivity contribution in [3.63, 3.8) is 0 Å². The molecule has 13 heteroatoms. The fourth-order valence-corrected chi connectivity index (χ4v) is 6.14. The maximum absolute atomic E-state index is 13.9. The molecule has 0 radical (unpaired) electrons. The Labute approximate surface area is 246 Å². The average Bonchev–Trinajstić information content (AvgIpc) is 2.93. The molecular formula is C29H31NO11S. The third kappa shape index (κ3) is 4.89. The van der Waals surface area contributed by atoms with E-state index in [0.29, 0.717) is 0 Å². The van der Waals surface area contributed by atoms with Crippen LogP contribution in [0.4, 0.5) is 0 Å². The standard InChI is InChI=1S/C29H31NO11S/c1-11(31)10-39-17-6-4-5-14-20(17)27(36)23-22(25(14)34)26(35)15-8-29(38,13(3)32)9-18(21(15)28(23)37)41-19-7-16(30-42)24(33)12(2)40-19/h4-6,12,16,18-19,24,30,33,35,37-38,42H,7-10H2,1-3H3/t12?,16?,18-,19?,24?,29-/m0/s1. The van der Waals surface area contributed by atoms with E-state index in [9.17, 15) is 39.6 Å². The van der Waals surface area contributed by atoms with Crippen LogP contribution in [0.3, 0.4) is 0 Å². The molecule has 1 saturated heterocycles. The number of phenols is 2. The van der Waals surface area contributed by atoms with Gasteiger partial charge in [0.15, 0.2) is 23.6 Å². The van der Waals surface area contributed by atoms with Gasteiger partial charge in [-0.25, -0.2) is 0 Å². The number of ether oxygens (including phenoxy) is 3. The molecule has 2 aromatic rings. The van der Waals surface area contributed by atoms with E-state index < -0.39 is 82.6 Å². The summed E-state index contributed by atoms with van der Waals surface area (Å²) < 4.78 is 20.1. The zero-order valence-corrected chi connectivity index (χ0v) is 23.9. The van der Waals surface area contributed by atoms with E-state index in [1.165, 1.54) is 32.0 Å². The van der Waals surface area contributed by atoms with E-state index in [0.717, 1.165) is 0 Å². The van der Waals surface area contributed by atoms with E-state index in [2.05, 4.69) is 17.5 Å². The van der Waals surface area contributed by atoms with Crippen LogP contribution in [0.1, 0.15) is 82.7 Å². The van der Waals surface area contributed by atoms with Crippen LogP contribution in [0.5, 0.6) is 17.2 Å². The Kier molecular flexibility index (Phi) is 7.94. The molecular weight excluding hydrogens is 570 g/mol. The summed E-state index contributed by atoms with van der Waals surface area (Å²) in [7, 11) is 0. The van der Waals surface area contributed by atoms with Crippen LogP contribution in [0.15, 0.2) is 18.2 Å². The Bertz CT molecular complexity index is 1510. The molecule has 1 fully saturated rings. The molecule has 2 aromatic carbocycles. The van der Waals surface area contributed by atoms with Gasteiger partial charge in [0, 0.05) is 36.0 Å². The number of carbonyl (C=O) groups is 4. The number of aliphatic hydroxyl groups is 2. The molecule has 0 bridgehead atoms. The first-order valence-electron chi connectivity index (χ1n) is 13.4. The first-order chi connectivity index (χ1) is 19.8. The van der Waals surface area contributed by atoms with Crippen LogP contribution < -0.4 is 9.46 Å². The van der Waals surface area contributed by atoms with Crippen molar-refractivity contribution in [3.8, 4) is 17.2 Å². The first-order valence-corrected chi connectivity index (χ1v) is 13.8. The second-order valence-corrected chi connectivity index (χ2v) is 11.3. The molecule has 6 atom stereocenters. The highest BCUT2D eigenvalue weighted by Gasteiger charge is 2.49. The Morgan fingerprint density at radius 3 is 2.45 bits per heavy atom. The number of nitrogens with one attached hydrogen (secondary N) is 1. The summed E-state index contributed by atoms with van der Waals surface area (Å²) in [5.41, 5.74) is -3.51. The zero-order valence-electron chi connectivity index (χ0n) is 23.0. The number of ketones is 4. The van der Waals surface area contributed by atoms with E-state index in [-0.39, 0.29) is 53.2 Å². The van der Waals surface area contributed by atoms with Crippen LogP contribution in [0, 0.1) is 0 Å². The largest absolute Gasteiger partial charge is 0.507 e. The quantitative estimate of drug-likeness (QED) is 0.169. The number of carbonyl (C=O) groups excluding carboxylic acids is 4. The monoisotopic (exact) mass is 601 g/mol. The van der Waals surface area contributed by atoms with Crippen molar-refractivity contribution in [2.24, 2.45) is 0 Å². The number of fused-ring (bicyclic) bond motifs is 3. The fourth-order valence-electron chi connectivity index (χ4n) is 5.88. The molecule has 1 aliphatic heterocycles. The molecule has 0 aromatic heterocycles. The summed E-state index contributed by atoms with van der Waals surface area (Å²) in [6, 6.07) is 3.67. The number of Topliss-reactive ketones (excluding diaryl/α,β-unsaturated/α-hetero) is 2. The molecule has 0 spiro atoms. The second kappa shape index (κ2) is 11.1. The number of phenolic OH excluding ortho intramolecular Hbond substituents is 2. The highest BCUT2D eigenvalue weighted by molar-refractivity contribution is 7.78. The molecule has 3 aliphatic rings. The normalized spacial score (nSPS) is 28.5. The number of hydrogen-bond acceptors (Lipinski definition) is 13. The van der Waals surface area contributed by atoms with Crippen molar-refractivity contribution < 1.29 is 53.8 Å². The summed E-state index contributed by atoms with van der Waals surface area (Å²) in [4.78, 5) is 51.6. The zero-order chi connectivity index (χ0) is 30.7. The van der Waals surface area contributed by atoms with Crippen molar-refractivity contribution in [2.45, 2.75) is 76.3 Å². The van der Waals surface area contributed by atoms with Gasteiger partial charge in [-0.05, 0) is 26.8 Å². The van der Waals surface area contributed by atoms with Gasteiger partial charge in [0.1, 0.15) is 29.5 Å². The molecule has 5 N–H and O–H groups in total. The summed E-state index contributed by atoms with van der Waals surface area (Å²) in [5.74, 6) is -3.96. The van der Waals surface area contributed by atoms with Gasteiger partial charge >= 0.3 is 0 Å². The molecule has 0 amide bonds. The number of benzene rings is 2. The predicted octanol–water partition coefficient (Wildman–Crippen LogP) is 1.46. The second-order valence-electron chi connectivity index (χ2n) is 11.0. The third-order valence-corrected chi connectivity index (χ3v) is 8.46. The van der Waals surface area contributed by atoms with Gasteiger partial charge in [0.05, 0.1) is 41.0 Å². The van der Waals surface area contributed by atoms with Crippen molar-refractivity contribution in [1.29, 1.82) is 0 Å². The van der Waals surface area contributed by atoms with E-state index in [1.54, 1.807) is 6.92 Å². The molecule has 5 rings (SSSR count). The topological polar surface area (TPSA) is 189 Å². The van der Waals surface area contributed by atoms with Crippen molar-refractivity contribution in [3.05, 3.63) is 51.6 Å². The predicted molar refractivity (Wildman–Crippen MR) is 148 cm³/mol. The Balaban J connectivity index is 1.65. The van der Waals surface area contributed by atoms with Crippen LogP contribution in [-0.2, 0) is 25.5 Å². The lowest BCUT2D eigenvalue weighted by Gasteiger charge is -2.42. The van der Waals surface area contributed by atoms with Gasteiger partial charge in [-0.15, -0.1) is 0 Å². The fraction of sp³-hybridized carbons (Fsp3) is 0.448. The maximum Gasteiger partial charge on any atom is 0.202 e. The summed E-state index contributed by atoms with van der Waals surface area (Å²) >= 11 is 4.05. The van der Waals surface area contributed by atoms with Crippen LogP contribution in [0.25, 0.3) is 0 Å².